The second-order valence-electron chi connectivity index (χ2n) is 10.9. The standard InChI is InChI=1S/C30H32N2O8/c1-4-40-29(38)15-7-5-6-14(10-15)17-8-9-21(33)23-18(17)11-16-12-20-24(32(2)3)25(34)19(28(31)37)13-30(20,39)27(36)22(16)26(23)35/h5-10,16,20,24,33-34,36,39H,4,11-13H2,1-3H3,(H2,31,37). The Hall–Kier alpha value is -4.15. The predicted octanol–water partition coefficient (Wildman–Crippen LogP) is 2.79. The van der Waals surface area contributed by atoms with Gasteiger partial charge in [0.15, 0.2) is 5.78 Å². The maximum Gasteiger partial charge on any atom is 0.338 e. The highest BCUT2D eigenvalue weighted by molar-refractivity contribution is 6.14. The van der Waals surface area contributed by atoms with E-state index < -0.39 is 53.3 Å². The number of aliphatic hydroxyl groups excluding tert-OH is 2. The largest absolute Gasteiger partial charge is 0.510 e. The first-order valence-electron chi connectivity index (χ1n) is 13.1. The molecule has 0 heterocycles. The van der Waals surface area contributed by atoms with Crippen molar-refractivity contribution in [1.82, 2.24) is 4.90 Å². The van der Waals surface area contributed by atoms with E-state index in [1.165, 1.54) is 6.07 Å². The minimum absolute atomic E-state index is 0.00682. The molecule has 3 aliphatic rings. The summed E-state index contributed by atoms with van der Waals surface area (Å²) in [5.41, 5.74) is 5.42. The number of carbonyl (C=O) groups excluding carboxylic acids is 3. The summed E-state index contributed by atoms with van der Waals surface area (Å²) < 4.78 is 5.12. The highest BCUT2D eigenvalue weighted by atomic mass is 16.5. The van der Waals surface area contributed by atoms with Crippen molar-refractivity contribution in [3.8, 4) is 16.9 Å². The van der Waals surface area contributed by atoms with Crippen molar-refractivity contribution in [2.45, 2.75) is 37.8 Å². The summed E-state index contributed by atoms with van der Waals surface area (Å²) in [6, 6.07) is 9.01. The maximum atomic E-state index is 13.9. The molecule has 4 atom stereocenters. The van der Waals surface area contributed by atoms with E-state index in [0.29, 0.717) is 22.3 Å². The Morgan fingerprint density at radius 1 is 1.15 bits per heavy atom. The lowest BCUT2D eigenvalue weighted by atomic mass is 9.59. The number of benzene rings is 2. The molecule has 0 saturated carbocycles. The summed E-state index contributed by atoms with van der Waals surface area (Å²) in [5.74, 6) is -4.46. The molecular formula is C30H32N2O8. The van der Waals surface area contributed by atoms with Crippen molar-refractivity contribution in [2.75, 3.05) is 20.7 Å². The number of hydrogen-bond acceptors (Lipinski definition) is 9. The number of rotatable bonds is 5. The minimum Gasteiger partial charge on any atom is -0.510 e. The fraction of sp³-hybridized carbons (Fsp3) is 0.367. The lowest BCUT2D eigenvalue weighted by Crippen LogP contribution is -2.59. The number of esters is 1. The number of aliphatic hydroxyl groups is 3. The van der Waals surface area contributed by atoms with Crippen LogP contribution in [0, 0.1) is 11.8 Å². The molecule has 0 aliphatic heterocycles. The Kier molecular flexibility index (Phi) is 6.71. The van der Waals surface area contributed by atoms with Crippen molar-refractivity contribution in [1.29, 1.82) is 0 Å². The number of allylic oxidation sites excluding steroid dienone is 1. The van der Waals surface area contributed by atoms with E-state index in [1.807, 2.05) is 0 Å². The Balaban J connectivity index is 1.65. The fourth-order valence-electron chi connectivity index (χ4n) is 6.63. The third kappa shape index (κ3) is 4.06. The van der Waals surface area contributed by atoms with Crippen molar-refractivity contribution >= 4 is 17.7 Å². The van der Waals surface area contributed by atoms with E-state index in [9.17, 15) is 34.8 Å². The van der Waals surface area contributed by atoms with E-state index in [-0.39, 0.29) is 47.7 Å². The van der Waals surface area contributed by atoms with Crippen LogP contribution in [0.2, 0.25) is 0 Å². The van der Waals surface area contributed by atoms with Crippen LogP contribution in [-0.2, 0) is 16.0 Å². The second kappa shape index (κ2) is 9.79. The maximum absolute atomic E-state index is 13.9. The Morgan fingerprint density at radius 3 is 2.52 bits per heavy atom. The third-order valence-corrected chi connectivity index (χ3v) is 8.39. The number of nitrogens with two attached hydrogens (primary N) is 1. The third-order valence-electron chi connectivity index (χ3n) is 8.39. The van der Waals surface area contributed by atoms with Crippen LogP contribution in [0.25, 0.3) is 11.1 Å². The number of primary amides is 1. The summed E-state index contributed by atoms with van der Waals surface area (Å²) in [7, 11) is 3.35. The molecule has 2 aromatic rings. The summed E-state index contributed by atoms with van der Waals surface area (Å²) >= 11 is 0. The average Bonchev–Trinajstić information content (AvgIpc) is 2.89. The van der Waals surface area contributed by atoms with E-state index >= 15 is 0 Å². The topological polar surface area (TPSA) is 171 Å². The van der Waals surface area contributed by atoms with Gasteiger partial charge in [0.25, 0.3) is 0 Å². The van der Waals surface area contributed by atoms with Crippen molar-refractivity contribution < 1.29 is 39.5 Å². The number of carbonyl (C=O) groups is 3. The molecule has 3 aliphatic carbocycles. The van der Waals surface area contributed by atoms with Crippen LogP contribution in [0.15, 0.2) is 59.1 Å². The molecule has 0 fully saturated rings. The molecule has 1 amide bonds. The van der Waals surface area contributed by atoms with E-state index in [2.05, 4.69) is 0 Å². The van der Waals surface area contributed by atoms with Gasteiger partial charge in [0, 0.05) is 17.9 Å². The number of phenols is 1. The normalized spacial score (nSPS) is 25.8. The Bertz CT molecular complexity index is 1510. The fourth-order valence-corrected chi connectivity index (χ4v) is 6.63. The Labute approximate surface area is 231 Å². The summed E-state index contributed by atoms with van der Waals surface area (Å²) in [5, 5.41) is 45.0. The number of ketones is 1. The zero-order valence-corrected chi connectivity index (χ0v) is 22.5. The smallest absolute Gasteiger partial charge is 0.338 e. The highest BCUT2D eigenvalue weighted by Crippen LogP contribution is 2.54. The molecule has 0 radical (unpaired) electrons. The van der Waals surface area contributed by atoms with Gasteiger partial charge in [0.2, 0.25) is 5.91 Å². The first-order valence-corrected chi connectivity index (χ1v) is 13.1. The molecular weight excluding hydrogens is 516 g/mol. The summed E-state index contributed by atoms with van der Waals surface area (Å²) in [6.45, 7) is 1.94. The monoisotopic (exact) mass is 548 g/mol. The Morgan fingerprint density at radius 2 is 1.88 bits per heavy atom. The van der Waals surface area contributed by atoms with E-state index in [0.717, 1.165) is 0 Å². The zero-order chi connectivity index (χ0) is 29.1. The number of phenolic OH excluding ortho intramolecular Hbond substituents is 1. The molecule has 0 aromatic heterocycles. The van der Waals surface area contributed by atoms with Crippen LogP contribution in [-0.4, -0.2) is 75.3 Å². The number of nitrogens with zero attached hydrogens (tertiary/aromatic N) is 1. The van der Waals surface area contributed by atoms with Gasteiger partial charge in [0.1, 0.15) is 22.9 Å². The van der Waals surface area contributed by atoms with Crippen molar-refractivity contribution in [3.63, 3.8) is 0 Å². The number of likely N-dealkylation sites (N-methyl/N-ethyl adjacent to an activating group) is 1. The van der Waals surface area contributed by atoms with Crippen LogP contribution >= 0.6 is 0 Å². The van der Waals surface area contributed by atoms with Crippen LogP contribution in [0.1, 0.15) is 46.0 Å². The number of ether oxygens (including phenoxy) is 1. The molecule has 4 unspecified atom stereocenters. The molecule has 5 rings (SSSR count). The number of hydrogen-bond donors (Lipinski definition) is 5. The van der Waals surface area contributed by atoms with Gasteiger partial charge in [-0.2, -0.15) is 0 Å². The molecule has 0 saturated heterocycles. The summed E-state index contributed by atoms with van der Waals surface area (Å²) in [6.07, 6.45) is 0.00371. The molecule has 2 aromatic carbocycles. The quantitative estimate of drug-likeness (QED) is 0.353. The van der Waals surface area contributed by atoms with Gasteiger partial charge in [-0.15, -0.1) is 0 Å². The minimum atomic E-state index is -2.02. The van der Waals surface area contributed by atoms with Gasteiger partial charge >= 0.3 is 5.97 Å². The van der Waals surface area contributed by atoms with Gasteiger partial charge in [0.05, 0.1) is 29.3 Å². The van der Waals surface area contributed by atoms with Gasteiger partial charge in [-0.1, -0.05) is 18.2 Å². The molecule has 0 spiro atoms. The van der Waals surface area contributed by atoms with Gasteiger partial charge < -0.3 is 30.9 Å². The number of Topliss-reactive ketones (excluding diaryl/α,β-unsaturated/α-hetero) is 1. The van der Waals surface area contributed by atoms with Crippen LogP contribution in [0.4, 0.5) is 0 Å². The van der Waals surface area contributed by atoms with Gasteiger partial charge in [-0.25, -0.2) is 4.79 Å². The number of amides is 1. The predicted molar refractivity (Wildman–Crippen MR) is 145 cm³/mol. The number of fused-ring (bicyclic) bond motifs is 3. The summed E-state index contributed by atoms with van der Waals surface area (Å²) in [4.78, 5) is 40.0. The molecule has 10 heteroatoms. The highest BCUT2D eigenvalue weighted by Gasteiger charge is 2.58. The lowest BCUT2D eigenvalue weighted by molar-refractivity contribution is -0.118. The van der Waals surface area contributed by atoms with Crippen molar-refractivity contribution in [2.24, 2.45) is 17.6 Å². The van der Waals surface area contributed by atoms with Crippen molar-refractivity contribution in [3.05, 3.63) is 75.8 Å². The van der Waals surface area contributed by atoms with Gasteiger partial charge in [-0.3, -0.25) is 14.5 Å². The first kappa shape index (κ1) is 27.4. The van der Waals surface area contributed by atoms with E-state index in [1.54, 1.807) is 56.3 Å². The van der Waals surface area contributed by atoms with Crippen LogP contribution < -0.4 is 5.73 Å². The SMILES string of the molecule is CCOC(=O)c1cccc(-c2ccc(O)c3c2CC2CC4C(N(C)C)C(O)=C(C(N)=O)CC4(O)C(O)=C2C3=O)c1. The van der Waals surface area contributed by atoms with Crippen LogP contribution in [0.3, 0.4) is 0 Å². The van der Waals surface area contributed by atoms with Crippen LogP contribution in [0.5, 0.6) is 5.75 Å². The molecule has 10 nitrogen and oxygen atoms in total. The zero-order valence-electron chi connectivity index (χ0n) is 22.5. The first-order chi connectivity index (χ1) is 18.9. The molecule has 40 heavy (non-hydrogen) atoms. The van der Waals surface area contributed by atoms with Gasteiger partial charge in [-0.05, 0) is 74.7 Å². The van der Waals surface area contributed by atoms with E-state index in [4.69, 9.17) is 10.5 Å². The molecule has 6 N–H and O–H groups in total. The molecule has 0 bridgehead atoms. The number of aromatic hydroxyl groups is 1. The average molecular weight is 549 g/mol. The lowest BCUT2D eigenvalue weighted by Gasteiger charge is -2.51. The molecule has 210 valence electrons. The second-order valence-corrected chi connectivity index (χ2v) is 10.9.